The molecule has 0 aliphatic heterocycles. The molecule has 1 aromatic heterocycles. The van der Waals surface area contributed by atoms with E-state index in [1.807, 2.05) is 6.92 Å². The SMILES string of the molecule is CCn1cc(NC(=O)CCc2cccc(F)c2)ccc1=O. The number of nitrogens with zero attached hydrogens (tertiary/aromatic N) is 1. The van der Waals surface area contributed by atoms with Crippen molar-refractivity contribution in [1.29, 1.82) is 0 Å². The maximum Gasteiger partial charge on any atom is 0.250 e. The van der Waals surface area contributed by atoms with Crippen LogP contribution in [0.15, 0.2) is 47.4 Å². The topological polar surface area (TPSA) is 51.1 Å². The maximum atomic E-state index is 13.0. The van der Waals surface area contributed by atoms with Crippen LogP contribution in [0.4, 0.5) is 10.1 Å². The average molecular weight is 288 g/mol. The number of halogens is 1. The molecule has 0 saturated heterocycles. The largest absolute Gasteiger partial charge is 0.325 e. The fraction of sp³-hybridized carbons (Fsp3) is 0.250. The molecule has 0 radical (unpaired) electrons. The van der Waals surface area contributed by atoms with Crippen LogP contribution < -0.4 is 10.9 Å². The van der Waals surface area contributed by atoms with Crippen molar-refractivity contribution in [3.63, 3.8) is 0 Å². The van der Waals surface area contributed by atoms with Crippen LogP contribution in [0.1, 0.15) is 18.9 Å². The summed E-state index contributed by atoms with van der Waals surface area (Å²) in [4.78, 5) is 23.3. The minimum atomic E-state index is -0.303. The second kappa shape index (κ2) is 6.83. The number of aromatic nitrogens is 1. The highest BCUT2D eigenvalue weighted by Gasteiger charge is 2.05. The van der Waals surface area contributed by atoms with Crippen molar-refractivity contribution in [3.8, 4) is 0 Å². The first kappa shape index (κ1) is 15.0. The molecule has 0 bridgehead atoms. The molecule has 1 aromatic carbocycles. The van der Waals surface area contributed by atoms with Crippen molar-refractivity contribution < 1.29 is 9.18 Å². The van der Waals surface area contributed by atoms with Gasteiger partial charge in [0.1, 0.15) is 5.82 Å². The Bertz CT molecular complexity index is 695. The lowest BCUT2D eigenvalue weighted by Gasteiger charge is -2.08. The Balaban J connectivity index is 1.94. The summed E-state index contributed by atoms with van der Waals surface area (Å²) >= 11 is 0. The Morgan fingerprint density at radius 3 is 2.81 bits per heavy atom. The first-order chi connectivity index (χ1) is 10.1. The van der Waals surface area contributed by atoms with Crippen LogP contribution in [0, 0.1) is 5.82 Å². The van der Waals surface area contributed by atoms with Crippen LogP contribution in [0.2, 0.25) is 0 Å². The van der Waals surface area contributed by atoms with Gasteiger partial charge >= 0.3 is 0 Å². The van der Waals surface area contributed by atoms with Gasteiger partial charge in [-0.05, 0) is 37.1 Å². The Morgan fingerprint density at radius 2 is 2.10 bits per heavy atom. The third-order valence-corrected chi connectivity index (χ3v) is 3.14. The summed E-state index contributed by atoms with van der Waals surface area (Å²) in [5.41, 5.74) is 1.26. The highest BCUT2D eigenvalue weighted by Crippen LogP contribution is 2.08. The number of carbonyl (C=O) groups is 1. The zero-order valence-corrected chi connectivity index (χ0v) is 11.8. The summed E-state index contributed by atoms with van der Waals surface area (Å²) in [6, 6.07) is 9.20. The number of benzene rings is 1. The molecule has 0 aliphatic carbocycles. The minimum absolute atomic E-state index is 0.102. The Hall–Kier alpha value is -2.43. The highest BCUT2D eigenvalue weighted by molar-refractivity contribution is 5.90. The van der Waals surface area contributed by atoms with Crippen LogP contribution in [-0.2, 0) is 17.8 Å². The average Bonchev–Trinajstić information content (AvgIpc) is 2.47. The van der Waals surface area contributed by atoms with E-state index in [4.69, 9.17) is 0 Å². The van der Waals surface area contributed by atoms with E-state index in [2.05, 4.69) is 5.32 Å². The van der Waals surface area contributed by atoms with Crippen molar-refractivity contribution in [2.24, 2.45) is 0 Å². The van der Waals surface area contributed by atoms with E-state index in [0.717, 1.165) is 5.56 Å². The van der Waals surface area contributed by atoms with Crippen molar-refractivity contribution in [1.82, 2.24) is 4.57 Å². The quantitative estimate of drug-likeness (QED) is 0.919. The van der Waals surface area contributed by atoms with E-state index in [0.29, 0.717) is 18.7 Å². The Morgan fingerprint density at radius 1 is 1.29 bits per heavy atom. The first-order valence-electron chi connectivity index (χ1n) is 6.83. The van der Waals surface area contributed by atoms with Gasteiger partial charge in [0.05, 0.1) is 5.69 Å². The number of aryl methyl sites for hydroxylation is 2. The number of amides is 1. The molecule has 110 valence electrons. The number of anilines is 1. The van der Waals surface area contributed by atoms with Gasteiger partial charge in [-0.15, -0.1) is 0 Å². The molecular formula is C16H17FN2O2. The van der Waals surface area contributed by atoms with Gasteiger partial charge < -0.3 is 9.88 Å². The smallest absolute Gasteiger partial charge is 0.250 e. The summed E-state index contributed by atoms with van der Waals surface area (Å²) in [6.45, 7) is 2.41. The van der Waals surface area contributed by atoms with Crippen LogP contribution in [-0.4, -0.2) is 10.5 Å². The van der Waals surface area contributed by atoms with Gasteiger partial charge in [0.2, 0.25) is 5.91 Å². The Kier molecular flexibility index (Phi) is 4.87. The fourth-order valence-corrected chi connectivity index (χ4v) is 2.03. The number of rotatable bonds is 5. The van der Waals surface area contributed by atoms with Crippen molar-refractivity contribution in [2.45, 2.75) is 26.3 Å². The standard InChI is InChI=1S/C16H17FN2O2/c1-2-19-11-14(7-9-16(19)21)18-15(20)8-6-12-4-3-5-13(17)10-12/h3-5,7,9-11H,2,6,8H2,1H3,(H,18,20). The molecule has 0 atom stereocenters. The molecule has 0 spiro atoms. The maximum absolute atomic E-state index is 13.0. The van der Waals surface area contributed by atoms with Gasteiger partial charge in [-0.1, -0.05) is 12.1 Å². The van der Waals surface area contributed by atoms with Crippen molar-refractivity contribution in [2.75, 3.05) is 5.32 Å². The number of nitrogens with one attached hydrogen (secondary N) is 1. The molecule has 0 aliphatic rings. The highest BCUT2D eigenvalue weighted by atomic mass is 19.1. The van der Waals surface area contributed by atoms with E-state index in [1.54, 1.807) is 24.4 Å². The second-order valence-electron chi connectivity index (χ2n) is 4.72. The third-order valence-electron chi connectivity index (χ3n) is 3.14. The van der Waals surface area contributed by atoms with Gasteiger partial charge in [0, 0.05) is 25.2 Å². The summed E-state index contributed by atoms with van der Waals surface area (Å²) in [7, 11) is 0. The van der Waals surface area contributed by atoms with E-state index in [9.17, 15) is 14.0 Å². The molecule has 2 aromatic rings. The van der Waals surface area contributed by atoms with E-state index in [-0.39, 0.29) is 23.7 Å². The predicted octanol–water partition coefficient (Wildman–Crippen LogP) is 2.58. The molecule has 21 heavy (non-hydrogen) atoms. The zero-order chi connectivity index (χ0) is 15.2. The molecule has 4 nitrogen and oxygen atoms in total. The second-order valence-corrected chi connectivity index (χ2v) is 4.72. The summed E-state index contributed by atoms with van der Waals surface area (Å²) < 4.78 is 14.5. The normalized spacial score (nSPS) is 10.4. The Labute approximate surface area is 122 Å². The zero-order valence-electron chi connectivity index (χ0n) is 11.8. The van der Waals surface area contributed by atoms with Crippen molar-refractivity contribution >= 4 is 11.6 Å². The van der Waals surface area contributed by atoms with E-state index in [1.165, 1.54) is 22.8 Å². The molecule has 5 heteroatoms. The van der Waals surface area contributed by atoms with Crippen LogP contribution in [0.25, 0.3) is 0 Å². The third kappa shape index (κ3) is 4.27. The van der Waals surface area contributed by atoms with E-state index >= 15 is 0 Å². The van der Waals surface area contributed by atoms with Gasteiger partial charge in [-0.25, -0.2) is 4.39 Å². The van der Waals surface area contributed by atoms with Gasteiger partial charge in [-0.3, -0.25) is 9.59 Å². The molecule has 1 amide bonds. The summed E-state index contributed by atoms with van der Waals surface area (Å²) in [5, 5.41) is 2.74. The number of carbonyl (C=O) groups excluding carboxylic acids is 1. The summed E-state index contributed by atoms with van der Waals surface area (Å²) in [5.74, 6) is -0.469. The lowest BCUT2D eigenvalue weighted by Crippen LogP contribution is -2.19. The monoisotopic (exact) mass is 288 g/mol. The van der Waals surface area contributed by atoms with Gasteiger partial charge in [0.15, 0.2) is 0 Å². The summed E-state index contributed by atoms with van der Waals surface area (Å²) in [6.07, 6.45) is 2.34. The lowest BCUT2D eigenvalue weighted by molar-refractivity contribution is -0.116. The lowest BCUT2D eigenvalue weighted by atomic mass is 10.1. The predicted molar refractivity (Wildman–Crippen MR) is 79.7 cm³/mol. The van der Waals surface area contributed by atoms with Crippen LogP contribution >= 0.6 is 0 Å². The molecule has 0 fully saturated rings. The van der Waals surface area contributed by atoms with Gasteiger partial charge in [-0.2, -0.15) is 0 Å². The molecule has 0 unspecified atom stereocenters. The molecule has 1 heterocycles. The van der Waals surface area contributed by atoms with Crippen LogP contribution in [0.3, 0.4) is 0 Å². The van der Waals surface area contributed by atoms with Crippen molar-refractivity contribution in [3.05, 3.63) is 64.3 Å². The molecular weight excluding hydrogens is 271 g/mol. The number of pyridine rings is 1. The molecule has 1 N–H and O–H groups in total. The van der Waals surface area contributed by atoms with Crippen LogP contribution in [0.5, 0.6) is 0 Å². The molecule has 2 rings (SSSR count). The van der Waals surface area contributed by atoms with E-state index < -0.39 is 0 Å². The van der Waals surface area contributed by atoms with Gasteiger partial charge in [0.25, 0.3) is 5.56 Å². The minimum Gasteiger partial charge on any atom is -0.325 e. The fourth-order valence-electron chi connectivity index (χ4n) is 2.03. The first-order valence-corrected chi connectivity index (χ1v) is 6.83. The molecule has 0 saturated carbocycles. The number of hydrogen-bond acceptors (Lipinski definition) is 2. The number of hydrogen-bond donors (Lipinski definition) is 1.